The van der Waals surface area contributed by atoms with Crippen LogP contribution < -0.4 is 4.73 Å². The SMILES string of the molecule is Cc1ccc(C(=O)Cc2cccc(C)[n+]2[O-])cc1O. The molecule has 2 rings (SSSR count). The summed E-state index contributed by atoms with van der Waals surface area (Å²) in [7, 11) is 0. The van der Waals surface area contributed by atoms with Crippen LogP contribution in [0, 0.1) is 19.1 Å². The number of aromatic nitrogens is 1. The van der Waals surface area contributed by atoms with Gasteiger partial charge >= 0.3 is 0 Å². The molecule has 0 aliphatic rings. The van der Waals surface area contributed by atoms with Crippen molar-refractivity contribution in [2.45, 2.75) is 20.3 Å². The Kier molecular flexibility index (Phi) is 3.51. The number of rotatable bonds is 3. The van der Waals surface area contributed by atoms with E-state index >= 15 is 0 Å². The topological polar surface area (TPSA) is 64.2 Å². The van der Waals surface area contributed by atoms with E-state index in [1.807, 2.05) is 0 Å². The number of phenolic OH excluding ortho intramolecular Hbond substituents is 1. The quantitative estimate of drug-likeness (QED) is 0.520. The minimum absolute atomic E-state index is 0.0215. The van der Waals surface area contributed by atoms with Crippen molar-refractivity contribution in [3.8, 4) is 5.75 Å². The van der Waals surface area contributed by atoms with E-state index in [-0.39, 0.29) is 18.0 Å². The van der Waals surface area contributed by atoms with Gasteiger partial charge in [-0.25, -0.2) is 0 Å². The monoisotopic (exact) mass is 257 g/mol. The zero-order chi connectivity index (χ0) is 14.0. The van der Waals surface area contributed by atoms with Gasteiger partial charge in [0.05, 0.1) is 6.42 Å². The molecule has 4 heteroatoms. The van der Waals surface area contributed by atoms with Gasteiger partial charge in [0.25, 0.3) is 0 Å². The Morgan fingerprint density at radius 2 is 2.00 bits per heavy atom. The number of pyridine rings is 1. The van der Waals surface area contributed by atoms with Crippen molar-refractivity contribution in [1.82, 2.24) is 0 Å². The van der Waals surface area contributed by atoms with Crippen molar-refractivity contribution in [1.29, 1.82) is 0 Å². The largest absolute Gasteiger partial charge is 0.618 e. The maximum atomic E-state index is 12.1. The first-order valence-electron chi connectivity index (χ1n) is 6.00. The maximum Gasteiger partial charge on any atom is 0.200 e. The van der Waals surface area contributed by atoms with Crippen LogP contribution in [0.5, 0.6) is 5.75 Å². The predicted octanol–water partition coefficient (Wildman–Crippen LogP) is 2.07. The lowest BCUT2D eigenvalue weighted by atomic mass is 10.0. The van der Waals surface area contributed by atoms with Crippen LogP contribution in [0.4, 0.5) is 0 Å². The second-order valence-electron chi connectivity index (χ2n) is 4.55. The molecule has 0 aliphatic heterocycles. The molecule has 0 spiro atoms. The molecule has 19 heavy (non-hydrogen) atoms. The second kappa shape index (κ2) is 5.10. The molecule has 1 N–H and O–H groups in total. The summed E-state index contributed by atoms with van der Waals surface area (Å²) in [6.07, 6.45) is 0.0215. The van der Waals surface area contributed by atoms with Crippen molar-refractivity contribution in [2.24, 2.45) is 0 Å². The van der Waals surface area contributed by atoms with Crippen molar-refractivity contribution in [3.63, 3.8) is 0 Å². The van der Waals surface area contributed by atoms with Gasteiger partial charge in [0.2, 0.25) is 5.69 Å². The molecule has 1 aromatic heterocycles. The van der Waals surface area contributed by atoms with E-state index in [9.17, 15) is 15.1 Å². The first-order valence-corrected chi connectivity index (χ1v) is 6.00. The van der Waals surface area contributed by atoms with E-state index in [1.165, 1.54) is 6.07 Å². The molecule has 0 amide bonds. The van der Waals surface area contributed by atoms with Crippen LogP contribution >= 0.6 is 0 Å². The van der Waals surface area contributed by atoms with Crippen LogP contribution in [0.2, 0.25) is 0 Å². The van der Waals surface area contributed by atoms with E-state index in [0.29, 0.717) is 22.5 Å². The third-order valence-corrected chi connectivity index (χ3v) is 3.08. The van der Waals surface area contributed by atoms with Gasteiger partial charge < -0.3 is 10.3 Å². The second-order valence-corrected chi connectivity index (χ2v) is 4.55. The first kappa shape index (κ1) is 13.1. The van der Waals surface area contributed by atoms with Gasteiger partial charge in [-0.3, -0.25) is 4.79 Å². The van der Waals surface area contributed by atoms with Gasteiger partial charge in [-0.15, -0.1) is 0 Å². The lowest BCUT2D eigenvalue weighted by Crippen LogP contribution is -2.36. The Morgan fingerprint density at radius 3 is 2.68 bits per heavy atom. The van der Waals surface area contributed by atoms with E-state index in [4.69, 9.17) is 0 Å². The summed E-state index contributed by atoms with van der Waals surface area (Å²) in [5, 5.41) is 21.4. The average Bonchev–Trinajstić information content (AvgIpc) is 2.38. The van der Waals surface area contributed by atoms with Crippen LogP contribution in [-0.4, -0.2) is 10.9 Å². The zero-order valence-electron chi connectivity index (χ0n) is 10.9. The standard InChI is InChI=1S/C15H15NO3/c1-10-6-7-12(8-14(10)17)15(18)9-13-5-3-4-11(2)16(13)19/h3-8,17H,9H2,1-2H3. The molecule has 0 saturated carbocycles. The Bertz CT molecular complexity index is 635. The van der Waals surface area contributed by atoms with Crippen LogP contribution in [0.25, 0.3) is 0 Å². The number of carbonyl (C=O) groups excluding carboxylic acids is 1. The lowest BCUT2D eigenvalue weighted by Gasteiger charge is -2.07. The molecule has 0 radical (unpaired) electrons. The number of aromatic hydroxyl groups is 1. The fraction of sp³-hybridized carbons (Fsp3) is 0.200. The Morgan fingerprint density at radius 1 is 1.26 bits per heavy atom. The van der Waals surface area contributed by atoms with Crippen molar-refractivity contribution >= 4 is 5.78 Å². The van der Waals surface area contributed by atoms with Crippen LogP contribution in [0.1, 0.15) is 27.3 Å². The van der Waals surface area contributed by atoms with Crippen LogP contribution in [0.3, 0.4) is 0 Å². The minimum Gasteiger partial charge on any atom is -0.618 e. The van der Waals surface area contributed by atoms with E-state index in [2.05, 4.69) is 0 Å². The van der Waals surface area contributed by atoms with Gasteiger partial charge in [0.15, 0.2) is 11.5 Å². The van der Waals surface area contributed by atoms with E-state index in [0.717, 1.165) is 4.73 Å². The molecule has 4 nitrogen and oxygen atoms in total. The van der Waals surface area contributed by atoms with E-state index in [1.54, 1.807) is 44.2 Å². The van der Waals surface area contributed by atoms with Gasteiger partial charge in [-0.1, -0.05) is 12.1 Å². The number of hydrogen-bond donors (Lipinski definition) is 1. The Labute approximate surface area is 111 Å². The summed E-state index contributed by atoms with van der Waals surface area (Å²) in [5.74, 6) is -0.101. The smallest absolute Gasteiger partial charge is 0.200 e. The normalized spacial score (nSPS) is 10.4. The third kappa shape index (κ3) is 2.73. The van der Waals surface area contributed by atoms with Gasteiger partial charge in [0.1, 0.15) is 5.75 Å². The molecule has 0 bridgehead atoms. The highest BCUT2D eigenvalue weighted by Crippen LogP contribution is 2.18. The van der Waals surface area contributed by atoms with Crippen LogP contribution in [0.15, 0.2) is 36.4 Å². The number of carbonyl (C=O) groups is 1. The van der Waals surface area contributed by atoms with E-state index < -0.39 is 0 Å². The number of nitrogens with zero attached hydrogens (tertiary/aromatic N) is 1. The highest BCUT2D eigenvalue weighted by Gasteiger charge is 2.15. The fourth-order valence-corrected chi connectivity index (χ4v) is 1.84. The first-order chi connectivity index (χ1) is 8.99. The molecule has 0 atom stereocenters. The minimum atomic E-state index is -0.189. The molecular weight excluding hydrogens is 242 g/mol. The van der Waals surface area contributed by atoms with Gasteiger partial charge in [-0.05, 0) is 24.6 Å². The summed E-state index contributed by atoms with van der Waals surface area (Å²) in [6.45, 7) is 3.45. The van der Waals surface area contributed by atoms with Crippen molar-refractivity contribution in [2.75, 3.05) is 0 Å². The molecule has 1 heterocycles. The molecule has 0 aliphatic carbocycles. The zero-order valence-corrected chi connectivity index (χ0v) is 10.9. The summed E-state index contributed by atoms with van der Waals surface area (Å²) in [6, 6.07) is 9.85. The van der Waals surface area contributed by atoms with Crippen molar-refractivity contribution in [3.05, 3.63) is 64.1 Å². The molecule has 0 unspecified atom stereocenters. The molecule has 0 fully saturated rings. The van der Waals surface area contributed by atoms with Gasteiger partial charge in [-0.2, -0.15) is 4.73 Å². The number of phenols is 1. The fourth-order valence-electron chi connectivity index (χ4n) is 1.84. The highest BCUT2D eigenvalue weighted by molar-refractivity contribution is 5.97. The Hall–Kier alpha value is -2.36. The molecular formula is C15H15NO3. The molecule has 2 aromatic rings. The molecule has 98 valence electrons. The molecule has 1 aromatic carbocycles. The lowest BCUT2D eigenvalue weighted by molar-refractivity contribution is -0.620. The summed E-state index contributed by atoms with van der Waals surface area (Å²) >= 11 is 0. The summed E-state index contributed by atoms with van der Waals surface area (Å²) < 4.78 is 0.756. The Balaban J connectivity index is 2.26. The third-order valence-electron chi connectivity index (χ3n) is 3.08. The average molecular weight is 257 g/mol. The maximum absolute atomic E-state index is 12.1. The van der Waals surface area contributed by atoms with Gasteiger partial charge in [0, 0.05) is 24.6 Å². The molecule has 0 saturated heterocycles. The number of benzene rings is 1. The predicted molar refractivity (Wildman–Crippen MR) is 71.0 cm³/mol. The number of hydrogen-bond acceptors (Lipinski definition) is 3. The summed E-state index contributed by atoms with van der Waals surface area (Å²) in [4.78, 5) is 12.1. The van der Waals surface area contributed by atoms with Crippen molar-refractivity contribution < 1.29 is 14.6 Å². The number of aryl methyl sites for hydroxylation is 2. The number of Topliss-reactive ketones (excluding diaryl/α,β-unsaturated/α-hetero) is 1. The summed E-state index contributed by atoms with van der Waals surface area (Å²) in [5.41, 5.74) is 2.08. The van der Waals surface area contributed by atoms with Crippen LogP contribution in [-0.2, 0) is 6.42 Å². The number of ketones is 1. The highest BCUT2D eigenvalue weighted by atomic mass is 16.5.